The van der Waals surface area contributed by atoms with E-state index in [2.05, 4.69) is 67.2 Å². The van der Waals surface area contributed by atoms with Crippen LogP contribution in [0.1, 0.15) is 5.56 Å². The van der Waals surface area contributed by atoms with E-state index in [0.717, 1.165) is 27.9 Å². The molecule has 0 spiro atoms. The van der Waals surface area contributed by atoms with Crippen LogP contribution in [0, 0.1) is 5.41 Å². The molecular formula is C27H22N2. The van der Waals surface area contributed by atoms with Crippen molar-refractivity contribution in [3.05, 3.63) is 115 Å². The van der Waals surface area contributed by atoms with Gasteiger partial charge in [0, 0.05) is 5.69 Å². The molecule has 29 heavy (non-hydrogen) atoms. The van der Waals surface area contributed by atoms with Crippen molar-refractivity contribution in [2.75, 3.05) is 5.73 Å². The van der Waals surface area contributed by atoms with E-state index in [1.54, 1.807) is 18.2 Å². The van der Waals surface area contributed by atoms with Crippen LogP contribution in [-0.2, 0) is 0 Å². The number of nitrogens with one attached hydrogen (secondary N) is 1. The monoisotopic (exact) mass is 374 g/mol. The zero-order valence-corrected chi connectivity index (χ0v) is 16.1. The first-order valence-electron chi connectivity index (χ1n) is 9.52. The van der Waals surface area contributed by atoms with Crippen molar-refractivity contribution in [2.45, 2.75) is 0 Å². The number of hydrogen-bond acceptors (Lipinski definition) is 2. The maximum Gasteiger partial charge on any atom is 0.0612 e. The molecule has 0 radical (unpaired) electrons. The van der Waals surface area contributed by atoms with Gasteiger partial charge in [-0.3, -0.25) is 0 Å². The Balaban J connectivity index is 1.67. The molecule has 4 aromatic rings. The maximum atomic E-state index is 8.09. The number of hydrogen-bond donors (Lipinski definition) is 2. The Labute approximate surface area is 171 Å². The molecule has 2 heteroatoms. The van der Waals surface area contributed by atoms with E-state index in [1.807, 2.05) is 24.3 Å². The van der Waals surface area contributed by atoms with Crippen molar-refractivity contribution in [2.24, 2.45) is 0 Å². The summed E-state index contributed by atoms with van der Waals surface area (Å²) in [6, 6.07) is 29.1. The molecule has 0 atom stereocenters. The summed E-state index contributed by atoms with van der Waals surface area (Å²) in [4.78, 5) is 0. The highest BCUT2D eigenvalue weighted by molar-refractivity contribution is 6.06. The number of nitrogen functional groups attached to an aromatic ring is 1. The Hall–Kier alpha value is -3.91. The first-order chi connectivity index (χ1) is 14.1. The van der Waals surface area contributed by atoms with Gasteiger partial charge in [-0.25, -0.2) is 0 Å². The van der Waals surface area contributed by atoms with Crippen molar-refractivity contribution in [3.8, 4) is 22.3 Å². The fourth-order valence-electron chi connectivity index (χ4n) is 3.38. The van der Waals surface area contributed by atoms with Gasteiger partial charge < -0.3 is 11.1 Å². The second-order valence-corrected chi connectivity index (χ2v) is 6.98. The fraction of sp³-hybridized carbons (Fsp3) is 0. The van der Waals surface area contributed by atoms with Gasteiger partial charge in [0.1, 0.15) is 0 Å². The molecule has 0 fully saturated rings. The summed E-state index contributed by atoms with van der Waals surface area (Å²) in [5.41, 5.74) is 12.6. The van der Waals surface area contributed by atoms with Gasteiger partial charge in [0.05, 0.1) is 5.71 Å². The highest BCUT2D eigenvalue weighted by atomic mass is 14.5. The van der Waals surface area contributed by atoms with Crippen LogP contribution in [0.3, 0.4) is 0 Å². The van der Waals surface area contributed by atoms with E-state index in [-0.39, 0.29) is 0 Å². The Bertz CT molecular complexity index is 1210. The summed E-state index contributed by atoms with van der Waals surface area (Å²) in [5.74, 6) is 0. The van der Waals surface area contributed by atoms with Gasteiger partial charge >= 0.3 is 0 Å². The quantitative estimate of drug-likeness (QED) is 0.224. The minimum absolute atomic E-state index is 0.475. The molecule has 4 aromatic carbocycles. The molecule has 0 amide bonds. The Kier molecular flexibility index (Phi) is 5.08. The average Bonchev–Trinajstić information content (AvgIpc) is 2.77. The number of allylic oxidation sites excluding steroid dienone is 3. The molecule has 0 aliphatic heterocycles. The van der Waals surface area contributed by atoms with Crippen LogP contribution in [0.15, 0.2) is 110 Å². The highest BCUT2D eigenvalue weighted by Crippen LogP contribution is 2.29. The van der Waals surface area contributed by atoms with E-state index in [9.17, 15) is 0 Å². The molecule has 4 rings (SSSR count). The average molecular weight is 374 g/mol. The normalized spacial score (nSPS) is 11.0. The number of anilines is 1. The van der Waals surface area contributed by atoms with Gasteiger partial charge in [0.25, 0.3) is 0 Å². The summed E-state index contributed by atoms with van der Waals surface area (Å²) in [6.45, 7) is 3.65. The lowest BCUT2D eigenvalue weighted by atomic mass is 9.96. The van der Waals surface area contributed by atoms with Crippen LogP contribution >= 0.6 is 0 Å². The highest BCUT2D eigenvalue weighted by Gasteiger charge is 2.04. The Morgan fingerprint density at radius 3 is 1.76 bits per heavy atom. The zero-order valence-electron chi connectivity index (χ0n) is 16.1. The third kappa shape index (κ3) is 4.02. The van der Waals surface area contributed by atoms with Gasteiger partial charge in [-0.1, -0.05) is 79.4 Å². The van der Waals surface area contributed by atoms with Gasteiger partial charge in [-0.15, -0.1) is 0 Å². The largest absolute Gasteiger partial charge is 0.399 e. The minimum atomic E-state index is 0.475. The summed E-state index contributed by atoms with van der Waals surface area (Å²) in [7, 11) is 0. The van der Waals surface area contributed by atoms with E-state index in [1.165, 1.54) is 16.3 Å². The molecular weight excluding hydrogens is 352 g/mol. The van der Waals surface area contributed by atoms with Crippen LogP contribution in [0.4, 0.5) is 5.69 Å². The molecule has 3 N–H and O–H groups in total. The lowest BCUT2D eigenvalue weighted by molar-refractivity contribution is 1.49. The first kappa shape index (κ1) is 18.5. The standard InChI is InChI=1S/C27H22N2/c1-2-3-4-27(29)22-9-5-19(6-10-22)23-11-7-21-8-12-24(18-25(21)17-23)20-13-15-26(28)16-14-20/h2-18,29H,1,28H2/b4-3-,29-27?. The smallest absolute Gasteiger partial charge is 0.0612 e. The van der Waals surface area contributed by atoms with Crippen LogP contribution < -0.4 is 5.73 Å². The van der Waals surface area contributed by atoms with Gasteiger partial charge in [-0.2, -0.15) is 0 Å². The van der Waals surface area contributed by atoms with Crippen molar-refractivity contribution in [3.63, 3.8) is 0 Å². The number of rotatable bonds is 5. The van der Waals surface area contributed by atoms with Crippen LogP contribution in [0.2, 0.25) is 0 Å². The van der Waals surface area contributed by atoms with Crippen molar-refractivity contribution in [1.29, 1.82) is 5.41 Å². The SMILES string of the molecule is C=C/C=C\C(=N)c1ccc(-c2ccc3ccc(-c4ccc(N)cc4)cc3c2)cc1. The van der Waals surface area contributed by atoms with Crippen LogP contribution in [0.25, 0.3) is 33.0 Å². The lowest BCUT2D eigenvalue weighted by Gasteiger charge is -2.08. The number of benzene rings is 4. The Morgan fingerprint density at radius 1 is 0.690 bits per heavy atom. The molecule has 0 aromatic heterocycles. The molecule has 0 saturated heterocycles. The van der Waals surface area contributed by atoms with Gasteiger partial charge in [-0.05, 0) is 68.9 Å². The van der Waals surface area contributed by atoms with Gasteiger partial charge in [0.15, 0.2) is 0 Å². The first-order valence-corrected chi connectivity index (χ1v) is 9.52. The van der Waals surface area contributed by atoms with Crippen molar-refractivity contribution >= 4 is 22.2 Å². The molecule has 0 aliphatic rings. The van der Waals surface area contributed by atoms with Gasteiger partial charge in [0.2, 0.25) is 0 Å². The van der Waals surface area contributed by atoms with Crippen LogP contribution in [0.5, 0.6) is 0 Å². The summed E-state index contributed by atoms with van der Waals surface area (Å²) >= 11 is 0. The Morgan fingerprint density at radius 2 is 1.21 bits per heavy atom. The maximum absolute atomic E-state index is 8.09. The molecule has 2 nitrogen and oxygen atoms in total. The minimum Gasteiger partial charge on any atom is -0.399 e. The molecule has 0 unspecified atom stereocenters. The zero-order chi connectivity index (χ0) is 20.2. The summed E-state index contributed by atoms with van der Waals surface area (Å²) < 4.78 is 0. The van der Waals surface area contributed by atoms with E-state index >= 15 is 0 Å². The molecule has 0 aliphatic carbocycles. The topological polar surface area (TPSA) is 49.9 Å². The number of fused-ring (bicyclic) bond motifs is 1. The lowest BCUT2D eigenvalue weighted by Crippen LogP contribution is -1.93. The predicted octanol–water partition coefficient (Wildman–Crippen LogP) is 6.87. The van der Waals surface area contributed by atoms with E-state index < -0.39 is 0 Å². The van der Waals surface area contributed by atoms with Crippen molar-refractivity contribution in [1.82, 2.24) is 0 Å². The van der Waals surface area contributed by atoms with E-state index in [0.29, 0.717) is 5.71 Å². The summed E-state index contributed by atoms with van der Waals surface area (Å²) in [5, 5.41) is 10.5. The second-order valence-electron chi connectivity index (χ2n) is 6.98. The predicted molar refractivity (Wildman–Crippen MR) is 125 cm³/mol. The molecule has 140 valence electrons. The fourth-order valence-corrected chi connectivity index (χ4v) is 3.38. The summed E-state index contributed by atoms with van der Waals surface area (Å²) in [6.07, 6.45) is 5.20. The third-order valence-electron chi connectivity index (χ3n) is 5.01. The molecule has 0 saturated carbocycles. The second kappa shape index (κ2) is 7.99. The van der Waals surface area contributed by atoms with Crippen LogP contribution in [-0.4, -0.2) is 5.71 Å². The third-order valence-corrected chi connectivity index (χ3v) is 5.01. The number of nitrogens with two attached hydrogens (primary N) is 1. The van der Waals surface area contributed by atoms with E-state index in [4.69, 9.17) is 11.1 Å². The van der Waals surface area contributed by atoms with Crippen molar-refractivity contribution < 1.29 is 0 Å². The molecule has 0 heterocycles. The molecule has 0 bridgehead atoms.